The Morgan fingerprint density at radius 3 is 2.24 bits per heavy atom. The summed E-state index contributed by atoms with van der Waals surface area (Å²) in [6, 6.07) is 25.7. The van der Waals surface area contributed by atoms with Crippen molar-refractivity contribution in [1.82, 2.24) is 15.0 Å². The maximum atomic E-state index is 5.53. The van der Waals surface area contributed by atoms with E-state index in [4.69, 9.17) is 24.2 Å². The zero-order valence-corrected chi connectivity index (χ0v) is 20.0. The molecule has 0 atom stereocenters. The van der Waals surface area contributed by atoms with Crippen LogP contribution in [0.4, 0.5) is 29.2 Å². The van der Waals surface area contributed by atoms with Gasteiger partial charge in [0.05, 0.1) is 19.4 Å². The number of hydrogen-bond donors (Lipinski definition) is 1. The molecule has 0 radical (unpaired) electrons. The molecule has 186 valence electrons. The smallest absolute Gasteiger partial charge is 0.250 e. The average molecular weight is 496 g/mol. The number of ether oxygens (including phenoxy) is 3. The Balaban J connectivity index is 1.36. The summed E-state index contributed by atoms with van der Waals surface area (Å²) < 4.78 is 16.4. The number of nitrogens with zero attached hydrogens (tertiary/aromatic N) is 6. The van der Waals surface area contributed by atoms with Gasteiger partial charge in [-0.1, -0.05) is 36.4 Å². The zero-order valence-electron chi connectivity index (χ0n) is 20.0. The summed E-state index contributed by atoms with van der Waals surface area (Å²) in [6.45, 7) is 2.85. The topological polar surface area (TPSA) is 97.2 Å². The molecule has 10 heteroatoms. The molecule has 1 aromatic heterocycles. The van der Waals surface area contributed by atoms with Crippen molar-refractivity contribution in [2.24, 2.45) is 5.10 Å². The minimum Gasteiger partial charge on any atom is -0.454 e. The summed E-state index contributed by atoms with van der Waals surface area (Å²) in [4.78, 5) is 18.4. The van der Waals surface area contributed by atoms with E-state index < -0.39 is 0 Å². The molecule has 6 rings (SSSR count). The third-order valence-electron chi connectivity index (χ3n) is 5.91. The summed E-state index contributed by atoms with van der Waals surface area (Å²) in [5, 5.41) is 4.38. The Labute approximate surface area is 214 Å². The number of morpholine rings is 1. The second-order valence-corrected chi connectivity index (χ2v) is 8.35. The third kappa shape index (κ3) is 5.14. The van der Waals surface area contributed by atoms with Crippen LogP contribution in [0.25, 0.3) is 0 Å². The van der Waals surface area contributed by atoms with Crippen LogP contribution in [0, 0.1) is 0 Å². The number of fused-ring (bicyclic) bond motifs is 1. The molecular weight excluding hydrogens is 470 g/mol. The second-order valence-electron chi connectivity index (χ2n) is 8.35. The molecule has 1 saturated heterocycles. The molecule has 3 heterocycles. The lowest BCUT2D eigenvalue weighted by molar-refractivity contribution is 0.122. The van der Waals surface area contributed by atoms with E-state index >= 15 is 0 Å². The highest BCUT2D eigenvalue weighted by Crippen LogP contribution is 2.33. The number of benzene rings is 3. The standard InChI is InChI=1S/C27H25N7O3/c1-3-7-21(8-4-1)34(22-9-5-2-6-10-22)27-30-25(29-26(31-27)33-13-15-35-16-14-33)32-28-18-20-11-12-23-24(17-20)37-19-36-23/h1-12,17-18H,13-16,19H2,(H,29,30,31,32)/b28-18+. The highest BCUT2D eigenvalue weighted by atomic mass is 16.7. The molecule has 4 aromatic rings. The van der Waals surface area contributed by atoms with E-state index in [2.05, 4.69) is 20.4 Å². The van der Waals surface area contributed by atoms with Crippen LogP contribution in [0.3, 0.4) is 0 Å². The first-order valence-electron chi connectivity index (χ1n) is 12.0. The minimum atomic E-state index is 0.228. The number of aromatic nitrogens is 3. The van der Waals surface area contributed by atoms with Crippen molar-refractivity contribution in [3.05, 3.63) is 84.4 Å². The van der Waals surface area contributed by atoms with Crippen molar-refractivity contribution in [2.45, 2.75) is 0 Å². The fraction of sp³-hybridized carbons (Fsp3) is 0.185. The van der Waals surface area contributed by atoms with Crippen LogP contribution in [-0.4, -0.2) is 54.3 Å². The molecule has 0 aliphatic carbocycles. The molecule has 0 amide bonds. The summed E-state index contributed by atoms with van der Waals surface area (Å²) in [5.74, 6) is 2.80. The van der Waals surface area contributed by atoms with E-state index in [1.54, 1.807) is 6.21 Å². The molecule has 2 aliphatic rings. The summed E-state index contributed by atoms with van der Waals surface area (Å²) in [7, 11) is 0. The number of anilines is 5. The number of hydrogen-bond acceptors (Lipinski definition) is 10. The Morgan fingerprint density at radius 1 is 0.811 bits per heavy atom. The Kier molecular flexibility index (Phi) is 6.46. The van der Waals surface area contributed by atoms with Gasteiger partial charge in [0.2, 0.25) is 24.6 Å². The van der Waals surface area contributed by atoms with Gasteiger partial charge in [-0.2, -0.15) is 20.1 Å². The van der Waals surface area contributed by atoms with Crippen molar-refractivity contribution in [3.63, 3.8) is 0 Å². The van der Waals surface area contributed by atoms with Crippen LogP contribution in [0.2, 0.25) is 0 Å². The van der Waals surface area contributed by atoms with Gasteiger partial charge in [0.1, 0.15) is 0 Å². The van der Waals surface area contributed by atoms with Gasteiger partial charge in [0, 0.05) is 24.5 Å². The third-order valence-corrected chi connectivity index (χ3v) is 5.91. The van der Waals surface area contributed by atoms with Gasteiger partial charge in [0.25, 0.3) is 0 Å². The van der Waals surface area contributed by atoms with Gasteiger partial charge in [-0.05, 0) is 48.0 Å². The predicted molar refractivity (Wildman–Crippen MR) is 141 cm³/mol. The molecule has 10 nitrogen and oxygen atoms in total. The first kappa shape index (κ1) is 22.7. The van der Waals surface area contributed by atoms with E-state index in [0.717, 1.165) is 22.7 Å². The van der Waals surface area contributed by atoms with Crippen LogP contribution in [0.1, 0.15) is 5.56 Å². The molecule has 1 fully saturated rings. The lowest BCUT2D eigenvalue weighted by Crippen LogP contribution is -2.37. The van der Waals surface area contributed by atoms with Crippen molar-refractivity contribution < 1.29 is 14.2 Å². The van der Waals surface area contributed by atoms with Crippen molar-refractivity contribution in [2.75, 3.05) is 48.3 Å². The molecule has 0 saturated carbocycles. The maximum Gasteiger partial charge on any atom is 0.250 e. The predicted octanol–water partition coefficient (Wildman–Crippen LogP) is 4.35. The molecule has 3 aromatic carbocycles. The molecule has 0 bridgehead atoms. The molecule has 1 N–H and O–H groups in total. The molecule has 0 unspecified atom stereocenters. The summed E-state index contributed by atoms with van der Waals surface area (Å²) in [6.07, 6.45) is 1.69. The van der Waals surface area contributed by atoms with Crippen LogP contribution in [0.15, 0.2) is 84.0 Å². The monoisotopic (exact) mass is 495 g/mol. The SMILES string of the molecule is C(=N\Nc1nc(N2CCOCC2)nc(N(c2ccccc2)c2ccccc2)n1)/c1ccc2c(c1)OCO2. The van der Waals surface area contributed by atoms with Crippen LogP contribution in [0.5, 0.6) is 11.5 Å². The lowest BCUT2D eigenvalue weighted by Gasteiger charge is -2.28. The maximum absolute atomic E-state index is 5.53. The average Bonchev–Trinajstić information content (AvgIpc) is 3.43. The first-order valence-corrected chi connectivity index (χ1v) is 12.0. The van der Waals surface area contributed by atoms with Gasteiger partial charge < -0.3 is 19.1 Å². The highest BCUT2D eigenvalue weighted by Gasteiger charge is 2.21. The second kappa shape index (κ2) is 10.5. The minimum absolute atomic E-state index is 0.228. The van der Waals surface area contributed by atoms with E-state index in [1.165, 1.54) is 0 Å². The summed E-state index contributed by atoms with van der Waals surface area (Å²) >= 11 is 0. The number of para-hydroxylation sites is 2. The normalized spacial score (nSPS) is 14.6. The highest BCUT2D eigenvalue weighted by molar-refractivity contribution is 5.81. The fourth-order valence-corrected chi connectivity index (χ4v) is 4.10. The molecular formula is C27H25N7O3. The van der Waals surface area contributed by atoms with Crippen LogP contribution < -0.4 is 24.7 Å². The van der Waals surface area contributed by atoms with Crippen molar-refractivity contribution >= 4 is 35.4 Å². The number of rotatable bonds is 7. The van der Waals surface area contributed by atoms with E-state index in [-0.39, 0.29) is 6.79 Å². The van der Waals surface area contributed by atoms with Crippen molar-refractivity contribution in [1.29, 1.82) is 0 Å². The Bertz CT molecular complexity index is 1340. The Morgan fingerprint density at radius 2 is 1.51 bits per heavy atom. The van der Waals surface area contributed by atoms with Crippen LogP contribution >= 0.6 is 0 Å². The van der Waals surface area contributed by atoms with E-state index in [1.807, 2.05) is 83.8 Å². The zero-order chi connectivity index (χ0) is 24.9. The van der Waals surface area contributed by atoms with E-state index in [0.29, 0.717) is 49.9 Å². The van der Waals surface area contributed by atoms with Gasteiger partial charge >= 0.3 is 0 Å². The molecule has 0 spiro atoms. The quantitative estimate of drug-likeness (QED) is 0.296. The fourth-order valence-electron chi connectivity index (χ4n) is 4.10. The van der Waals surface area contributed by atoms with Gasteiger partial charge in [-0.25, -0.2) is 5.43 Å². The summed E-state index contributed by atoms with van der Waals surface area (Å²) in [5.41, 5.74) is 5.71. The number of hydrazone groups is 1. The van der Waals surface area contributed by atoms with Gasteiger partial charge in [-0.15, -0.1) is 0 Å². The largest absolute Gasteiger partial charge is 0.454 e. The van der Waals surface area contributed by atoms with Gasteiger partial charge in [-0.3, -0.25) is 4.90 Å². The Hall–Kier alpha value is -4.70. The molecule has 2 aliphatic heterocycles. The van der Waals surface area contributed by atoms with Crippen LogP contribution in [-0.2, 0) is 4.74 Å². The van der Waals surface area contributed by atoms with E-state index in [9.17, 15) is 0 Å². The van der Waals surface area contributed by atoms with Gasteiger partial charge in [0.15, 0.2) is 11.5 Å². The van der Waals surface area contributed by atoms with Crippen molar-refractivity contribution in [3.8, 4) is 11.5 Å². The first-order chi connectivity index (χ1) is 18.3. The lowest BCUT2D eigenvalue weighted by atomic mass is 10.2. The number of nitrogens with one attached hydrogen (secondary N) is 1. The molecule has 37 heavy (non-hydrogen) atoms.